The van der Waals surface area contributed by atoms with Gasteiger partial charge in [0.25, 0.3) is 5.91 Å². The van der Waals surface area contributed by atoms with Gasteiger partial charge in [-0.3, -0.25) is 4.79 Å². The number of nitrogens with one attached hydrogen (secondary N) is 1. The van der Waals surface area contributed by atoms with Crippen molar-refractivity contribution < 1.29 is 14.3 Å². The van der Waals surface area contributed by atoms with Crippen molar-refractivity contribution in [3.05, 3.63) is 33.5 Å². The number of hydrogen-bond donors (Lipinski definition) is 2. The number of carbonyl (C=O) groups is 1. The van der Waals surface area contributed by atoms with E-state index in [1.54, 1.807) is 23.5 Å². The number of halogens is 1. The lowest BCUT2D eigenvalue weighted by molar-refractivity contribution is 0.102. The van der Waals surface area contributed by atoms with Crippen molar-refractivity contribution >= 4 is 41.0 Å². The number of nitrogen functional groups attached to an aromatic ring is 1. The Morgan fingerprint density at radius 1 is 1.33 bits per heavy atom. The van der Waals surface area contributed by atoms with Crippen LogP contribution < -0.4 is 20.5 Å². The van der Waals surface area contributed by atoms with Crippen LogP contribution in [0.5, 0.6) is 11.5 Å². The molecule has 0 saturated carbocycles. The van der Waals surface area contributed by atoms with E-state index in [4.69, 9.17) is 15.2 Å². The third-order valence-corrected chi connectivity index (χ3v) is 5.49. The van der Waals surface area contributed by atoms with Crippen LogP contribution >= 0.6 is 23.7 Å². The number of carbonyl (C=O) groups excluding carboxylic acids is 1. The van der Waals surface area contributed by atoms with E-state index >= 15 is 0 Å². The van der Waals surface area contributed by atoms with Crippen LogP contribution in [0, 0.1) is 5.92 Å². The zero-order valence-electron chi connectivity index (χ0n) is 13.3. The number of nitrogens with two attached hydrogens (primary N) is 1. The number of fused-ring (bicyclic) bond motifs is 2. The van der Waals surface area contributed by atoms with E-state index in [2.05, 4.69) is 12.2 Å². The van der Waals surface area contributed by atoms with E-state index in [0.29, 0.717) is 28.8 Å². The maximum absolute atomic E-state index is 12.6. The number of amides is 1. The minimum Gasteiger partial charge on any atom is -0.454 e. The summed E-state index contributed by atoms with van der Waals surface area (Å²) in [6.45, 7) is 2.44. The zero-order chi connectivity index (χ0) is 16.0. The molecular formula is C17H19ClN2O3S. The summed E-state index contributed by atoms with van der Waals surface area (Å²) in [5.74, 6) is 1.81. The molecule has 0 radical (unpaired) electrons. The maximum atomic E-state index is 12.6. The van der Waals surface area contributed by atoms with Crippen LogP contribution in [-0.4, -0.2) is 12.7 Å². The van der Waals surface area contributed by atoms with Gasteiger partial charge in [0.1, 0.15) is 0 Å². The van der Waals surface area contributed by atoms with Gasteiger partial charge in [-0.2, -0.15) is 0 Å². The van der Waals surface area contributed by atoms with Crippen LogP contribution in [0.3, 0.4) is 0 Å². The van der Waals surface area contributed by atoms with Gasteiger partial charge in [0.05, 0.1) is 16.9 Å². The third kappa shape index (κ3) is 2.91. The van der Waals surface area contributed by atoms with Crippen LogP contribution in [0.4, 0.5) is 11.4 Å². The first-order chi connectivity index (χ1) is 11.1. The number of hydrogen-bond acceptors (Lipinski definition) is 5. The Labute approximate surface area is 150 Å². The SMILES string of the molecule is CC1CCc2c(C(=O)Nc3cc4c(cc3N)OCO4)csc2C1.Cl. The van der Waals surface area contributed by atoms with Gasteiger partial charge >= 0.3 is 0 Å². The summed E-state index contributed by atoms with van der Waals surface area (Å²) in [5.41, 5.74) is 9.01. The molecular weight excluding hydrogens is 348 g/mol. The first-order valence-corrected chi connectivity index (χ1v) is 8.59. The van der Waals surface area contributed by atoms with E-state index in [9.17, 15) is 4.79 Å². The van der Waals surface area contributed by atoms with Crippen molar-refractivity contribution in [1.82, 2.24) is 0 Å². The largest absolute Gasteiger partial charge is 0.454 e. The first kappa shape index (κ1) is 16.9. The summed E-state index contributed by atoms with van der Waals surface area (Å²) in [5, 5.41) is 4.87. The van der Waals surface area contributed by atoms with E-state index in [0.717, 1.165) is 24.8 Å². The van der Waals surface area contributed by atoms with Crippen LogP contribution in [0.1, 0.15) is 34.1 Å². The molecule has 1 amide bonds. The number of rotatable bonds is 2. The van der Waals surface area contributed by atoms with Gasteiger partial charge in [0, 0.05) is 22.4 Å². The molecule has 1 unspecified atom stereocenters. The molecule has 2 aromatic rings. The highest BCUT2D eigenvalue weighted by molar-refractivity contribution is 7.10. The van der Waals surface area contributed by atoms with Crippen molar-refractivity contribution in [3.63, 3.8) is 0 Å². The number of anilines is 2. The zero-order valence-corrected chi connectivity index (χ0v) is 14.9. The van der Waals surface area contributed by atoms with Crippen LogP contribution in [0.15, 0.2) is 17.5 Å². The molecule has 1 aliphatic heterocycles. The van der Waals surface area contributed by atoms with Gasteiger partial charge < -0.3 is 20.5 Å². The van der Waals surface area contributed by atoms with Gasteiger partial charge in [0.15, 0.2) is 11.5 Å². The first-order valence-electron chi connectivity index (χ1n) is 7.71. The van der Waals surface area contributed by atoms with E-state index in [1.807, 2.05) is 5.38 Å². The standard InChI is InChI=1S/C17H18N2O3S.ClH/c1-9-2-3-10-11(7-23-16(10)4-9)17(20)19-13-6-15-14(5-12(13)18)21-8-22-15;/h5-7,9H,2-4,8,18H2,1H3,(H,19,20);1H. The molecule has 0 bridgehead atoms. The van der Waals surface area contributed by atoms with E-state index < -0.39 is 0 Å². The van der Waals surface area contributed by atoms with Gasteiger partial charge in [0.2, 0.25) is 6.79 Å². The minimum atomic E-state index is -0.109. The van der Waals surface area contributed by atoms with Crippen molar-refractivity contribution in [2.24, 2.45) is 5.92 Å². The van der Waals surface area contributed by atoms with E-state index in [-0.39, 0.29) is 25.1 Å². The van der Waals surface area contributed by atoms with Gasteiger partial charge in [-0.1, -0.05) is 6.92 Å². The summed E-state index contributed by atoms with van der Waals surface area (Å²) in [7, 11) is 0. The lowest BCUT2D eigenvalue weighted by atomic mass is 9.88. The number of thiophene rings is 1. The van der Waals surface area contributed by atoms with Crippen LogP contribution in [0.25, 0.3) is 0 Å². The Morgan fingerprint density at radius 2 is 2.08 bits per heavy atom. The van der Waals surface area contributed by atoms with Crippen LogP contribution in [0.2, 0.25) is 0 Å². The quantitative estimate of drug-likeness (QED) is 0.791. The predicted octanol–water partition coefficient (Wildman–Crippen LogP) is 3.86. The maximum Gasteiger partial charge on any atom is 0.256 e. The molecule has 1 atom stereocenters. The molecule has 0 spiro atoms. The lowest BCUT2D eigenvalue weighted by Crippen LogP contribution is -2.17. The van der Waals surface area contributed by atoms with Crippen molar-refractivity contribution in [3.8, 4) is 11.5 Å². The normalized spacial score (nSPS) is 17.8. The second kappa shape index (κ2) is 6.53. The van der Waals surface area contributed by atoms with E-state index in [1.165, 1.54) is 10.4 Å². The molecule has 1 aliphatic carbocycles. The molecule has 0 saturated heterocycles. The molecule has 1 aromatic heterocycles. The van der Waals surface area contributed by atoms with Crippen molar-refractivity contribution in [2.45, 2.75) is 26.2 Å². The minimum absolute atomic E-state index is 0. The second-order valence-corrected chi connectivity index (χ2v) is 7.11. The van der Waals surface area contributed by atoms with Crippen LogP contribution in [-0.2, 0) is 12.8 Å². The van der Waals surface area contributed by atoms with Crippen molar-refractivity contribution in [2.75, 3.05) is 17.8 Å². The molecule has 0 fully saturated rings. The molecule has 128 valence electrons. The van der Waals surface area contributed by atoms with Crippen molar-refractivity contribution in [1.29, 1.82) is 0 Å². The summed E-state index contributed by atoms with van der Waals surface area (Å²) in [6.07, 6.45) is 3.18. The molecule has 5 nitrogen and oxygen atoms in total. The smallest absolute Gasteiger partial charge is 0.256 e. The summed E-state index contributed by atoms with van der Waals surface area (Å²) >= 11 is 1.68. The van der Waals surface area contributed by atoms with Gasteiger partial charge in [-0.15, -0.1) is 23.7 Å². The highest BCUT2D eigenvalue weighted by Crippen LogP contribution is 2.39. The number of benzene rings is 1. The van der Waals surface area contributed by atoms with Gasteiger partial charge in [-0.25, -0.2) is 0 Å². The summed E-state index contributed by atoms with van der Waals surface area (Å²) in [4.78, 5) is 14.0. The Kier molecular flexibility index (Phi) is 4.60. The Bertz CT molecular complexity index is 790. The topological polar surface area (TPSA) is 73.6 Å². The number of ether oxygens (including phenoxy) is 2. The molecule has 1 aromatic carbocycles. The highest BCUT2D eigenvalue weighted by atomic mass is 35.5. The molecule has 2 heterocycles. The molecule has 24 heavy (non-hydrogen) atoms. The predicted molar refractivity (Wildman–Crippen MR) is 97.7 cm³/mol. The molecule has 3 N–H and O–H groups in total. The molecule has 4 rings (SSSR count). The average Bonchev–Trinajstić information content (AvgIpc) is 3.13. The fraction of sp³-hybridized carbons (Fsp3) is 0.353. The lowest BCUT2D eigenvalue weighted by Gasteiger charge is -2.19. The Hall–Kier alpha value is -1.92. The molecule has 7 heteroatoms. The summed E-state index contributed by atoms with van der Waals surface area (Å²) < 4.78 is 10.6. The summed E-state index contributed by atoms with van der Waals surface area (Å²) in [6, 6.07) is 3.40. The monoisotopic (exact) mass is 366 g/mol. The average molecular weight is 367 g/mol. The van der Waals surface area contributed by atoms with Gasteiger partial charge in [-0.05, 0) is 30.7 Å². The fourth-order valence-corrected chi connectivity index (χ4v) is 4.37. The Balaban J connectivity index is 0.00000169. The fourth-order valence-electron chi connectivity index (χ4n) is 3.12. The molecule has 2 aliphatic rings. The highest BCUT2D eigenvalue weighted by Gasteiger charge is 2.24. The second-order valence-electron chi connectivity index (χ2n) is 6.15. The Morgan fingerprint density at radius 3 is 2.88 bits per heavy atom. The third-order valence-electron chi connectivity index (χ3n) is 4.44.